The summed E-state index contributed by atoms with van der Waals surface area (Å²) >= 11 is 1.62. The summed E-state index contributed by atoms with van der Waals surface area (Å²) in [4.78, 5) is 8.83. The van der Waals surface area contributed by atoms with Gasteiger partial charge in [-0.05, 0) is 37.1 Å². The molecule has 2 aromatic heterocycles. The van der Waals surface area contributed by atoms with Crippen LogP contribution in [0.1, 0.15) is 22.9 Å². The maximum Gasteiger partial charge on any atom is 0.243 e. The molecule has 0 spiro atoms. The van der Waals surface area contributed by atoms with E-state index in [9.17, 15) is 12.8 Å². The van der Waals surface area contributed by atoms with Crippen molar-refractivity contribution in [2.75, 3.05) is 18.4 Å². The van der Waals surface area contributed by atoms with Crippen LogP contribution in [0.4, 0.5) is 10.1 Å². The molecular formula is C25H26FN5O2S2. The number of imidazole rings is 1. The lowest BCUT2D eigenvalue weighted by Crippen LogP contribution is -2.38. The van der Waals surface area contributed by atoms with Gasteiger partial charge in [0, 0.05) is 37.1 Å². The van der Waals surface area contributed by atoms with E-state index in [0.29, 0.717) is 31.1 Å². The summed E-state index contributed by atoms with van der Waals surface area (Å²) in [6, 6.07) is 13.9. The first-order valence-electron chi connectivity index (χ1n) is 11.5. The summed E-state index contributed by atoms with van der Waals surface area (Å²) in [5.74, 6) is 0.0916. The molecule has 0 aliphatic carbocycles. The molecule has 1 aliphatic rings. The lowest BCUT2D eigenvalue weighted by atomic mass is 10.1. The number of rotatable bonds is 8. The fourth-order valence-corrected chi connectivity index (χ4v) is 6.43. The third-order valence-electron chi connectivity index (χ3n) is 6.03. The summed E-state index contributed by atoms with van der Waals surface area (Å²) < 4.78 is 44.7. The average molecular weight is 512 g/mol. The Kier molecular flexibility index (Phi) is 6.68. The highest BCUT2D eigenvalue weighted by molar-refractivity contribution is 7.89. The quantitative estimate of drug-likeness (QED) is 0.347. The SMILES string of the molecule is Cc1csc(CCCNc2ccc(S(=O)(=O)N3CCn4c(-c5ccccc5)cnc4C3)cc2F)n1. The molecule has 10 heteroatoms. The summed E-state index contributed by atoms with van der Waals surface area (Å²) in [5.41, 5.74) is 3.30. The highest BCUT2D eigenvalue weighted by Crippen LogP contribution is 2.28. The zero-order chi connectivity index (χ0) is 24.4. The fourth-order valence-electron chi connectivity index (χ4n) is 4.21. The number of nitrogens with zero attached hydrogens (tertiary/aromatic N) is 4. The smallest absolute Gasteiger partial charge is 0.243 e. The van der Waals surface area contributed by atoms with Crippen LogP contribution in [-0.2, 0) is 29.5 Å². The fraction of sp³-hybridized carbons (Fsp3) is 0.280. The molecule has 0 saturated heterocycles. The van der Waals surface area contributed by atoms with Crippen LogP contribution in [0.25, 0.3) is 11.3 Å². The first-order valence-corrected chi connectivity index (χ1v) is 13.8. The minimum Gasteiger partial charge on any atom is -0.383 e. The summed E-state index contributed by atoms with van der Waals surface area (Å²) in [7, 11) is -3.85. The average Bonchev–Trinajstić information content (AvgIpc) is 3.48. The maximum atomic E-state index is 14.8. The predicted molar refractivity (Wildman–Crippen MR) is 135 cm³/mol. The molecule has 0 unspecified atom stereocenters. The van der Waals surface area contributed by atoms with Crippen molar-refractivity contribution in [1.82, 2.24) is 18.8 Å². The van der Waals surface area contributed by atoms with E-state index in [1.54, 1.807) is 17.5 Å². The zero-order valence-electron chi connectivity index (χ0n) is 19.3. The number of aryl methyl sites for hydroxylation is 2. The topological polar surface area (TPSA) is 80.1 Å². The lowest BCUT2D eigenvalue weighted by molar-refractivity contribution is 0.336. The Morgan fingerprint density at radius 3 is 2.71 bits per heavy atom. The molecule has 4 aromatic rings. The molecule has 2 aromatic carbocycles. The summed E-state index contributed by atoms with van der Waals surface area (Å²) in [5, 5.41) is 6.13. The van der Waals surface area contributed by atoms with Gasteiger partial charge in [0.15, 0.2) is 0 Å². The number of benzene rings is 2. The Bertz CT molecular complexity index is 1430. The highest BCUT2D eigenvalue weighted by Gasteiger charge is 2.30. The molecule has 0 amide bonds. The van der Waals surface area contributed by atoms with Crippen molar-refractivity contribution in [1.29, 1.82) is 0 Å². The molecule has 0 radical (unpaired) electrons. The molecular weight excluding hydrogens is 485 g/mol. The second-order valence-corrected chi connectivity index (χ2v) is 11.4. The van der Waals surface area contributed by atoms with Gasteiger partial charge in [0.05, 0.1) is 34.0 Å². The molecule has 182 valence electrons. The van der Waals surface area contributed by atoms with Gasteiger partial charge in [0.1, 0.15) is 11.6 Å². The van der Waals surface area contributed by atoms with E-state index in [0.717, 1.165) is 40.9 Å². The number of anilines is 1. The number of hydrogen-bond acceptors (Lipinski definition) is 6. The minimum absolute atomic E-state index is 0.0536. The Balaban J connectivity index is 1.24. The number of nitrogens with one attached hydrogen (secondary N) is 1. The first kappa shape index (κ1) is 23.7. The van der Waals surface area contributed by atoms with Crippen LogP contribution in [0.5, 0.6) is 0 Å². The van der Waals surface area contributed by atoms with Gasteiger partial charge in [-0.3, -0.25) is 0 Å². The van der Waals surface area contributed by atoms with Crippen LogP contribution in [0.15, 0.2) is 65.0 Å². The van der Waals surface area contributed by atoms with Crippen molar-refractivity contribution >= 4 is 27.0 Å². The molecule has 5 rings (SSSR count). The molecule has 35 heavy (non-hydrogen) atoms. The predicted octanol–water partition coefficient (Wildman–Crippen LogP) is 4.70. The molecule has 0 saturated carbocycles. The van der Waals surface area contributed by atoms with Crippen LogP contribution in [-0.4, -0.2) is 40.3 Å². The van der Waals surface area contributed by atoms with E-state index in [4.69, 9.17) is 0 Å². The number of sulfonamides is 1. The maximum absolute atomic E-state index is 14.8. The Morgan fingerprint density at radius 2 is 1.97 bits per heavy atom. The largest absolute Gasteiger partial charge is 0.383 e. The second-order valence-electron chi connectivity index (χ2n) is 8.47. The van der Waals surface area contributed by atoms with E-state index in [-0.39, 0.29) is 11.4 Å². The van der Waals surface area contributed by atoms with Gasteiger partial charge < -0.3 is 9.88 Å². The van der Waals surface area contributed by atoms with Crippen molar-refractivity contribution < 1.29 is 12.8 Å². The monoisotopic (exact) mass is 511 g/mol. The third kappa shape index (κ3) is 5.00. The highest BCUT2D eigenvalue weighted by atomic mass is 32.2. The molecule has 7 nitrogen and oxygen atoms in total. The van der Waals surface area contributed by atoms with Crippen LogP contribution < -0.4 is 5.32 Å². The Hall–Kier alpha value is -3.08. The summed E-state index contributed by atoms with van der Waals surface area (Å²) in [6.07, 6.45) is 3.39. The van der Waals surface area contributed by atoms with E-state index < -0.39 is 15.8 Å². The first-order chi connectivity index (χ1) is 16.9. The number of fused-ring (bicyclic) bond motifs is 1. The van der Waals surface area contributed by atoms with Crippen LogP contribution in [0, 0.1) is 12.7 Å². The Labute approximate surface area is 208 Å². The molecule has 0 atom stereocenters. The molecule has 1 aliphatic heterocycles. The van der Waals surface area contributed by atoms with Gasteiger partial charge in [-0.25, -0.2) is 22.8 Å². The van der Waals surface area contributed by atoms with E-state index in [1.807, 2.05) is 47.2 Å². The van der Waals surface area contributed by atoms with Gasteiger partial charge in [-0.15, -0.1) is 11.3 Å². The van der Waals surface area contributed by atoms with E-state index in [2.05, 4.69) is 15.3 Å². The van der Waals surface area contributed by atoms with E-state index in [1.165, 1.54) is 16.4 Å². The number of hydrogen-bond donors (Lipinski definition) is 1. The molecule has 0 fully saturated rings. The van der Waals surface area contributed by atoms with Crippen LogP contribution in [0.3, 0.4) is 0 Å². The number of thiazole rings is 1. The molecule has 3 heterocycles. The van der Waals surface area contributed by atoms with Crippen LogP contribution in [0.2, 0.25) is 0 Å². The number of halogens is 1. The minimum atomic E-state index is -3.85. The van der Waals surface area contributed by atoms with Gasteiger partial charge in [0.25, 0.3) is 0 Å². The molecule has 0 bridgehead atoms. The van der Waals surface area contributed by atoms with Crippen molar-refractivity contribution in [2.24, 2.45) is 0 Å². The van der Waals surface area contributed by atoms with Crippen LogP contribution >= 0.6 is 11.3 Å². The van der Waals surface area contributed by atoms with Gasteiger partial charge in [-0.2, -0.15) is 4.31 Å². The van der Waals surface area contributed by atoms with Crippen molar-refractivity contribution in [3.05, 3.63) is 82.5 Å². The zero-order valence-corrected chi connectivity index (χ0v) is 20.9. The summed E-state index contributed by atoms with van der Waals surface area (Å²) in [6.45, 7) is 3.46. The standard InChI is InChI=1S/C25H26FN5O2S2/c1-18-17-34-25(29-18)8-5-11-27-22-10-9-20(14-21(22)26)35(32,33)30-12-13-31-23(15-28-24(31)16-30)19-6-3-2-4-7-19/h2-4,6-7,9-10,14-15,17,27H,5,8,11-13,16H2,1H3. The van der Waals surface area contributed by atoms with Gasteiger partial charge >= 0.3 is 0 Å². The second kappa shape index (κ2) is 9.88. The Morgan fingerprint density at radius 1 is 1.14 bits per heavy atom. The third-order valence-corrected chi connectivity index (χ3v) is 8.89. The molecule has 1 N–H and O–H groups in total. The van der Waals surface area contributed by atoms with Gasteiger partial charge in [0.2, 0.25) is 10.0 Å². The van der Waals surface area contributed by atoms with Crippen molar-refractivity contribution in [3.63, 3.8) is 0 Å². The lowest BCUT2D eigenvalue weighted by Gasteiger charge is -2.28. The van der Waals surface area contributed by atoms with E-state index >= 15 is 0 Å². The van der Waals surface area contributed by atoms with Crippen molar-refractivity contribution in [3.8, 4) is 11.3 Å². The van der Waals surface area contributed by atoms with Gasteiger partial charge in [-0.1, -0.05) is 30.3 Å². The van der Waals surface area contributed by atoms with Crippen molar-refractivity contribution in [2.45, 2.75) is 37.8 Å². The normalized spacial score (nSPS) is 14.1. The number of aromatic nitrogens is 3.